The normalized spacial score (nSPS) is 21.5. The van der Waals surface area contributed by atoms with Gasteiger partial charge in [0.1, 0.15) is 29.2 Å². The summed E-state index contributed by atoms with van der Waals surface area (Å²) in [7, 11) is 3.29. The molecule has 0 radical (unpaired) electrons. The molecule has 3 atom stereocenters. The Morgan fingerprint density at radius 1 is 1.04 bits per heavy atom. The van der Waals surface area contributed by atoms with Gasteiger partial charge in [-0.1, -0.05) is 19.8 Å². The van der Waals surface area contributed by atoms with Crippen molar-refractivity contribution in [2.45, 2.75) is 116 Å². The predicted molar refractivity (Wildman–Crippen MR) is 200 cm³/mol. The molecule has 12 heteroatoms. The van der Waals surface area contributed by atoms with Gasteiger partial charge in [-0.3, -0.25) is 14.2 Å². The van der Waals surface area contributed by atoms with Gasteiger partial charge in [0, 0.05) is 71.4 Å². The van der Waals surface area contributed by atoms with Crippen molar-refractivity contribution in [1.82, 2.24) is 19.7 Å². The van der Waals surface area contributed by atoms with Crippen LogP contribution in [0.5, 0.6) is 11.5 Å². The van der Waals surface area contributed by atoms with Gasteiger partial charge in [-0.25, -0.2) is 4.79 Å². The molecule has 2 saturated carbocycles. The fourth-order valence-corrected chi connectivity index (χ4v) is 9.29. The lowest BCUT2D eigenvalue weighted by atomic mass is 9.88. The molecule has 7 rings (SSSR count). The highest BCUT2D eigenvalue weighted by Gasteiger charge is 2.41. The second kappa shape index (κ2) is 14.8. The first-order chi connectivity index (χ1) is 24.9. The van der Waals surface area contributed by atoms with Crippen molar-refractivity contribution in [3.63, 3.8) is 0 Å². The highest BCUT2D eigenvalue weighted by molar-refractivity contribution is 7.12. The first-order valence-corrected chi connectivity index (χ1v) is 19.8. The number of anilines is 1. The van der Waals surface area contributed by atoms with Crippen LogP contribution in [0.15, 0.2) is 24.5 Å². The molecule has 2 unspecified atom stereocenters. The molecule has 0 bridgehead atoms. The van der Waals surface area contributed by atoms with Crippen LogP contribution in [0.4, 0.5) is 10.7 Å². The predicted octanol–water partition coefficient (Wildman–Crippen LogP) is 7.24. The minimum absolute atomic E-state index is 0.0213. The molecule has 2 aromatic heterocycles. The number of thiophene rings is 1. The number of aryl methyl sites for hydroxylation is 1. The maximum absolute atomic E-state index is 14.0. The van der Waals surface area contributed by atoms with Crippen LogP contribution < -0.4 is 14.4 Å². The van der Waals surface area contributed by atoms with Crippen LogP contribution in [0.3, 0.4) is 0 Å². The van der Waals surface area contributed by atoms with Crippen LogP contribution >= 0.6 is 11.3 Å². The molecule has 52 heavy (non-hydrogen) atoms. The molecule has 1 aromatic carbocycles. The minimum Gasteiger partial charge on any atom is -0.497 e. The highest BCUT2D eigenvalue weighted by Crippen LogP contribution is 2.43. The smallest absolute Gasteiger partial charge is 0.410 e. The van der Waals surface area contributed by atoms with Crippen molar-refractivity contribution in [3.05, 3.63) is 51.0 Å². The number of hydrogen-bond acceptors (Lipinski definition) is 10. The van der Waals surface area contributed by atoms with Gasteiger partial charge in [-0.05, 0) is 88.8 Å². The van der Waals surface area contributed by atoms with Gasteiger partial charge in [0.15, 0.2) is 5.78 Å². The average Bonchev–Trinajstić information content (AvgIpc) is 4.02. The van der Waals surface area contributed by atoms with Crippen molar-refractivity contribution < 1.29 is 28.6 Å². The van der Waals surface area contributed by atoms with Crippen LogP contribution in [-0.4, -0.2) is 76.3 Å². The minimum atomic E-state index is -0.598. The summed E-state index contributed by atoms with van der Waals surface area (Å²) in [6.45, 7) is 9.31. The number of carbonyl (C=O) groups is 3. The Balaban J connectivity index is 1.21. The Labute approximate surface area is 311 Å². The molecule has 1 aliphatic heterocycles. The molecular weight excluding hydrogens is 679 g/mol. The number of ether oxygens (including phenoxy) is 3. The second-order valence-electron chi connectivity index (χ2n) is 16.3. The van der Waals surface area contributed by atoms with Crippen LogP contribution in [-0.2, 0) is 35.3 Å². The van der Waals surface area contributed by atoms with E-state index in [1.807, 2.05) is 45.3 Å². The molecular formula is C40H53N5O6S. The zero-order valence-electron chi connectivity index (χ0n) is 31.5. The molecule has 11 nitrogen and oxygen atoms in total. The summed E-state index contributed by atoms with van der Waals surface area (Å²) in [6, 6.07) is 5.77. The molecule has 280 valence electrons. The van der Waals surface area contributed by atoms with Gasteiger partial charge < -0.3 is 24.0 Å². The summed E-state index contributed by atoms with van der Waals surface area (Å²) in [4.78, 5) is 46.5. The molecule has 4 aliphatic rings. The number of Topliss-reactive ketones (excluding diaryl/α,β-unsaturated/α-hetero) is 2. The SMILES string of the molecule is COc1ccc(CN(c2nncn2[C@H]2CCc3sc(CC(=O)C4CC4)c(C(=O)CCC4CC4)c3C2)C2CN(C(=O)OC(C)(C)C)CC2C)c(OC)c1. The van der Waals surface area contributed by atoms with Crippen LogP contribution in [0.1, 0.15) is 110 Å². The van der Waals surface area contributed by atoms with E-state index in [1.54, 1.807) is 30.5 Å². The Hall–Kier alpha value is -3.93. The highest BCUT2D eigenvalue weighted by atomic mass is 32.1. The molecule has 3 heterocycles. The third kappa shape index (κ3) is 8.01. The van der Waals surface area contributed by atoms with Crippen molar-refractivity contribution in [1.29, 1.82) is 0 Å². The standard InChI is InChI=1S/C40H53N5O6S/c1-24-20-43(39(48)51-40(2,3)4)22-31(24)44(21-27-12-14-29(49-5)18-34(27)50-6)38-42-41-23-45(38)28-13-16-35-30(17-28)37(32(46)15-9-25-7-8-25)36(52-35)19-33(47)26-10-11-26/h12,14,18,23-26,28,31H,7-11,13,15-17,19-22H2,1-6H3/t24?,28-,31?/m0/s1. The quantitative estimate of drug-likeness (QED) is 0.158. The summed E-state index contributed by atoms with van der Waals surface area (Å²) in [5.41, 5.74) is 2.30. The van der Waals surface area contributed by atoms with Crippen LogP contribution in [0.2, 0.25) is 0 Å². The number of carbonyl (C=O) groups excluding carboxylic acids is 3. The van der Waals surface area contributed by atoms with Crippen LogP contribution in [0, 0.1) is 17.8 Å². The van der Waals surface area contributed by atoms with E-state index in [4.69, 9.17) is 19.3 Å². The number of nitrogens with zero attached hydrogens (tertiary/aromatic N) is 5. The maximum Gasteiger partial charge on any atom is 0.410 e. The number of likely N-dealkylation sites (tertiary alicyclic amines) is 1. The summed E-state index contributed by atoms with van der Waals surface area (Å²) < 4.78 is 19.3. The summed E-state index contributed by atoms with van der Waals surface area (Å²) in [5, 5.41) is 9.23. The van der Waals surface area contributed by atoms with Gasteiger partial charge >= 0.3 is 6.09 Å². The number of benzene rings is 1. The Morgan fingerprint density at radius 2 is 1.83 bits per heavy atom. The average molecular weight is 732 g/mol. The second-order valence-corrected chi connectivity index (χ2v) is 17.5. The maximum atomic E-state index is 14.0. The number of ketones is 2. The van der Waals surface area contributed by atoms with E-state index in [0.717, 1.165) is 59.6 Å². The Bertz CT molecular complexity index is 1800. The lowest BCUT2D eigenvalue weighted by molar-refractivity contribution is -0.119. The van der Waals surface area contributed by atoms with Crippen LogP contribution in [0.25, 0.3) is 0 Å². The van der Waals surface area contributed by atoms with E-state index in [9.17, 15) is 14.4 Å². The van der Waals surface area contributed by atoms with E-state index in [1.165, 1.54) is 17.7 Å². The third-order valence-electron chi connectivity index (χ3n) is 11.1. The molecule has 1 amide bonds. The molecule has 0 spiro atoms. The number of methoxy groups -OCH3 is 2. The Kier molecular flexibility index (Phi) is 10.4. The third-order valence-corrected chi connectivity index (χ3v) is 12.4. The van der Waals surface area contributed by atoms with Gasteiger partial charge in [0.25, 0.3) is 0 Å². The molecule has 0 N–H and O–H groups in total. The fourth-order valence-electron chi connectivity index (χ4n) is 7.92. The van der Waals surface area contributed by atoms with Gasteiger partial charge in [0.2, 0.25) is 5.95 Å². The van der Waals surface area contributed by atoms with E-state index < -0.39 is 5.60 Å². The zero-order chi connectivity index (χ0) is 36.7. The van der Waals surface area contributed by atoms with E-state index in [0.29, 0.717) is 56.3 Å². The Morgan fingerprint density at radius 3 is 2.52 bits per heavy atom. The molecule has 3 fully saturated rings. The summed E-state index contributed by atoms with van der Waals surface area (Å²) in [6.07, 6.45) is 10.1. The van der Waals surface area contributed by atoms with Gasteiger partial charge in [-0.15, -0.1) is 21.5 Å². The lowest BCUT2D eigenvalue weighted by Crippen LogP contribution is -2.43. The van der Waals surface area contributed by atoms with Crippen molar-refractivity contribution in [3.8, 4) is 11.5 Å². The molecule has 3 aliphatic carbocycles. The lowest BCUT2D eigenvalue weighted by Gasteiger charge is -2.35. The first kappa shape index (κ1) is 36.4. The number of fused-ring (bicyclic) bond motifs is 1. The van der Waals surface area contributed by atoms with Crippen molar-refractivity contribution >= 4 is 34.9 Å². The molecule has 3 aromatic rings. The fraction of sp³-hybridized carbons (Fsp3) is 0.625. The summed E-state index contributed by atoms with van der Waals surface area (Å²) in [5.74, 6) is 3.55. The summed E-state index contributed by atoms with van der Waals surface area (Å²) >= 11 is 1.69. The van der Waals surface area contributed by atoms with Gasteiger partial charge in [-0.2, -0.15) is 0 Å². The number of rotatable bonds is 14. The number of hydrogen-bond donors (Lipinski definition) is 0. The van der Waals surface area contributed by atoms with Crippen molar-refractivity contribution in [2.24, 2.45) is 17.8 Å². The van der Waals surface area contributed by atoms with E-state index in [-0.39, 0.29) is 41.6 Å². The number of amides is 1. The van der Waals surface area contributed by atoms with E-state index in [2.05, 4.69) is 21.5 Å². The number of aromatic nitrogens is 3. The topological polar surface area (TPSA) is 116 Å². The zero-order valence-corrected chi connectivity index (χ0v) is 32.3. The van der Waals surface area contributed by atoms with Crippen molar-refractivity contribution in [2.75, 3.05) is 32.2 Å². The monoisotopic (exact) mass is 731 g/mol. The largest absolute Gasteiger partial charge is 0.497 e. The van der Waals surface area contributed by atoms with Gasteiger partial charge in [0.05, 0.1) is 20.3 Å². The van der Waals surface area contributed by atoms with E-state index >= 15 is 0 Å². The first-order valence-electron chi connectivity index (χ1n) is 19.0. The molecule has 1 saturated heterocycles.